The van der Waals surface area contributed by atoms with Gasteiger partial charge in [-0.3, -0.25) is 0 Å². The minimum atomic E-state index is -0.996. The first-order valence-electron chi connectivity index (χ1n) is 4.92. The van der Waals surface area contributed by atoms with E-state index in [1.54, 1.807) is 0 Å². The molecule has 1 rings (SSSR count). The van der Waals surface area contributed by atoms with Gasteiger partial charge in [0.2, 0.25) is 0 Å². The second kappa shape index (κ2) is 5.27. The second-order valence-electron chi connectivity index (χ2n) is 3.18. The number of rotatable bonds is 4. The SMILES string of the molecule is CCN(CC)[S@](=O)c1ccc(C)cc1. The number of nitrogens with zero attached hydrogens (tertiary/aromatic N) is 1. The second-order valence-corrected chi connectivity index (χ2v) is 4.66. The van der Waals surface area contributed by atoms with Crippen molar-refractivity contribution in [3.8, 4) is 0 Å². The summed E-state index contributed by atoms with van der Waals surface area (Å²) in [6.07, 6.45) is 0. The van der Waals surface area contributed by atoms with Gasteiger partial charge in [0.1, 0.15) is 11.0 Å². The van der Waals surface area contributed by atoms with E-state index in [-0.39, 0.29) is 0 Å². The number of hydrogen-bond acceptors (Lipinski definition) is 1. The van der Waals surface area contributed by atoms with E-state index in [9.17, 15) is 4.21 Å². The van der Waals surface area contributed by atoms with Crippen LogP contribution in [0.25, 0.3) is 0 Å². The third-order valence-electron chi connectivity index (χ3n) is 2.16. The van der Waals surface area contributed by atoms with Gasteiger partial charge in [-0.05, 0) is 19.1 Å². The van der Waals surface area contributed by atoms with Crippen LogP contribution < -0.4 is 0 Å². The lowest BCUT2D eigenvalue weighted by molar-refractivity contribution is 0.489. The molecule has 0 radical (unpaired) electrons. The molecule has 0 amide bonds. The summed E-state index contributed by atoms with van der Waals surface area (Å²) in [6, 6.07) is 7.86. The van der Waals surface area contributed by atoms with Crippen molar-refractivity contribution in [1.29, 1.82) is 0 Å². The van der Waals surface area contributed by atoms with Gasteiger partial charge in [-0.2, -0.15) is 0 Å². The molecule has 1 aromatic carbocycles. The van der Waals surface area contributed by atoms with Crippen molar-refractivity contribution in [2.45, 2.75) is 25.7 Å². The maximum absolute atomic E-state index is 12.0. The molecule has 2 nitrogen and oxygen atoms in total. The van der Waals surface area contributed by atoms with Gasteiger partial charge < -0.3 is 0 Å². The van der Waals surface area contributed by atoms with Crippen molar-refractivity contribution in [2.75, 3.05) is 13.1 Å². The summed E-state index contributed by atoms with van der Waals surface area (Å²) in [4.78, 5) is 0.888. The summed E-state index contributed by atoms with van der Waals surface area (Å²) in [6.45, 7) is 7.71. The lowest BCUT2D eigenvalue weighted by Crippen LogP contribution is -2.25. The fourth-order valence-electron chi connectivity index (χ4n) is 1.26. The highest BCUT2D eigenvalue weighted by molar-refractivity contribution is 7.82. The molecule has 0 heterocycles. The Kier molecular flexibility index (Phi) is 4.29. The predicted molar refractivity (Wildman–Crippen MR) is 60.5 cm³/mol. The quantitative estimate of drug-likeness (QED) is 0.748. The van der Waals surface area contributed by atoms with E-state index in [4.69, 9.17) is 0 Å². The van der Waals surface area contributed by atoms with Crippen LogP contribution in [0.1, 0.15) is 19.4 Å². The summed E-state index contributed by atoms with van der Waals surface area (Å²) >= 11 is 0. The molecule has 0 fully saturated rings. The average molecular weight is 211 g/mol. The zero-order valence-electron chi connectivity index (χ0n) is 8.99. The largest absolute Gasteiger partial charge is 0.237 e. The summed E-state index contributed by atoms with van der Waals surface area (Å²) in [5.41, 5.74) is 1.20. The van der Waals surface area contributed by atoms with Crippen LogP contribution in [0, 0.1) is 6.92 Å². The number of hydrogen-bond donors (Lipinski definition) is 0. The molecule has 1 atom stereocenters. The molecule has 14 heavy (non-hydrogen) atoms. The lowest BCUT2D eigenvalue weighted by Gasteiger charge is -2.16. The Morgan fingerprint density at radius 3 is 2.07 bits per heavy atom. The third kappa shape index (κ3) is 2.66. The van der Waals surface area contributed by atoms with E-state index in [0.29, 0.717) is 0 Å². The topological polar surface area (TPSA) is 20.3 Å². The van der Waals surface area contributed by atoms with E-state index in [1.807, 2.05) is 49.3 Å². The lowest BCUT2D eigenvalue weighted by atomic mass is 10.2. The Hall–Kier alpha value is -0.670. The van der Waals surface area contributed by atoms with E-state index < -0.39 is 11.0 Å². The Morgan fingerprint density at radius 1 is 1.14 bits per heavy atom. The monoisotopic (exact) mass is 211 g/mol. The Bertz CT molecular complexity index is 304. The van der Waals surface area contributed by atoms with Crippen molar-refractivity contribution < 1.29 is 4.21 Å². The van der Waals surface area contributed by atoms with Crippen LogP contribution in [0.4, 0.5) is 0 Å². The van der Waals surface area contributed by atoms with Gasteiger partial charge in [-0.1, -0.05) is 31.5 Å². The molecular weight excluding hydrogens is 194 g/mol. The predicted octanol–water partition coefficient (Wildman–Crippen LogP) is 2.36. The first-order chi connectivity index (χ1) is 6.69. The highest BCUT2D eigenvalue weighted by Gasteiger charge is 2.10. The summed E-state index contributed by atoms with van der Waals surface area (Å²) in [5.74, 6) is 0. The molecule has 0 N–H and O–H groups in total. The highest BCUT2D eigenvalue weighted by atomic mass is 32.2. The minimum Gasteiger partial charge on any atom is -0.237 e. The van der Waals surface area contributed by atoms with Crippen LogP contribution in [0.2, 0.25) is 0 Å². The molecular formula is C11H17NOS. The number of aryl methyl sites for hydroxylation is 1. The zero-order chi connectivity index (χ0) is 10.6. The molecule has 0 aliphatic rings. The van der Waals surface area contributed by atoms with E-state index in [1.165, 1.54) is 5.56 Å². The van der Waals surface area contributed by atoms with E-state index in [0.717, 1.165) is 18.0 Å². The van der Waals surface area contributed by atoms with Gasteiger partial charge in [-0.25, -0.2) is 8.51 Å². The van der Waals surface area contributed by atoms with Gasteiger partial charge in [0.25, 0.3) is 0 Å². The average Bonchev–Trinajstić information content (AvgIpc) is 2.20. The van der Waals surface area contributed by atoms with Gasteiger partial charge in [-0.15, -0.1) is 0 Å². The van der Waals surface area contributed by atoms with Crippen LogP contribution in [-0.2, 0) is 11.0 Å². The standard InChI is InChI=1S/C11H17NOS/c1-4-12(5-2)14(13)11-8-6-10(3)7-9-11/h6-9H,4-5H2,1-3H3/t14-/m1/s1. The highest BCUT2D eigenvalue weighted by Crippen LogP contribution is 2.11. The van der Waals surface area contributed by atoms with Crippen molar-refractivity contribution in [3.05, 3.63) is 29.8 Å². The maximum atomic E-state index is 12.0. The molecule has 0 saturated carbocycles. The third-order valence-corrected chi connectivity index (χ3v) is 3.82. The fraction of sp³-hybridized carbons (Fsp3) is 0.455. The van der Waals surface area contributed by atoms with Gasteiger partial charge in [0, 0.05) is 13.1 Å². The molecule has 0 aliphatic heterocycles. The summed E-state index contributed by atoms with van der Waals surface area (Å²) in [5, 5.41) is 0. The van der Waals surface area contributed by atoms with Crippen molar-refractivity contribution in [2.24, 2.45) is 0 Å². The van der Waals surface area contributed by atoms with Crippen molar-refractivity contribution in [1.82, 2.24) is 4.31 Å². The van der Waals surface area contributed by atoms with Crippen LogP contribution >= 0.6 is 0 Å². The van der Waals surface area contributed by atoms with Crippen LogP contribution in [0.15, 0.2) is 29.2 Å². The van der Waals surface area contributed by atoms with E-state index in [2.05, 4.69) is 0 Å². The molecule has 0 spiro atoms. The molecule has 78 valence electrons. The molecule has 3 heteroatoms. The molecule has 0 bridgehead atoms. The first kappa shape index (κ1) is 11.4. The number of benzene rings is 1. The first-order valence-corrected chi connectivity index (χ1v) is 6.03. The van der Waals surface area contributed by atoms with Gasteiger partial charge in [0.15, 0.2) is 0 Å². The Labute approximate surface area is 88.5 Å². The zero-order valence-corrected chi connectivity index (χ0v) is 9.80. The molecule has 0 saturated heterocycles. The molecule has 0 aliphatic carbocycles. The maximum Gasteiger partial charge on any atom is 0.127 e. The Morgan fingerprint density at radius 2 is 1.64 bits per heavy atom. The van der Waals surface area contributed by atoms with Gasteiger partial charge in [0.05, 0.1) is 4.90 Å². The summed E-state index contributed by atoms with van der Waals surface area (Å²) < 4.78 is 13.9. The van der Waals surface area contributed by atoms with Gasteiger partial charge >= 0.3 is 0 Å². The smallest absolute Gasteiger partial charge is 0.127 e. The molecule has 0 aromatic heterocycles. The van der Waals surface area contributed by atoms with E-state index >= 15 is 0 Å². The van der Waals surface area contributed by atoms with Crippen LogP contribution in [0.3, 0.4) is 0 Å². The van der Waals surface area contributed by atoms with Crippen molar-refractivity contribution >= 4 is 11.0 Å². The molecule has 0 unspecified atom stereocenters. The summed E-state index contributed by atoms with van der Waals surface area (Å²) in [7, 11) is -0.996. The minimum absolute atomic E-state index is 0.816. The van der Waals surface area contributed by atoms with Crippen LogP contribution in [-0.4, -0.2) is 21.6 Å². The van der Waals surface area contributed by atoms with Crippen LogP contribution in [0.5, 0.6) is 0 Å². The fourth-order valence-corrected chi connectivity index (χ4v) is 2.40. The van der Waals surface area contributed by atoms with Crippen molar-refractivity contribution in [3.63, 3.8) is 0 Å². The molecule has 1 aromatic rings. The Balaban J connectivity index is 2.83. The normalized spacial score (nSPS) is 13.1.